The number of fused-ring (bicyclic) bond motifs is 1. The number of nitrogens with zero attached hydrogens (tertiary/aromatic N) is 2. The smallest absolute Gasteiger partial charge is 0.154 e. The number of hydrogen-bond donors (Lipinski definition) is 1. The summed E-state index contributed by atoms with van der Waals surface area (Å²) >= 11 is 0. The first kappa shape index (κ1) is 13.3. The molecule has 0 spiro atoms. The van der Waals surface area contributed by atoms with Gasteiger partial charge < -0.3 is 5.32 Å². The molecule has 1 aromatic heterocycles. The third-order valence-electron chi connectivity index (χ3n) is 2.96. The maximum Gasteiger partial charge on any atom is 0.154 e. The van der Waals surface area contributed by atoms with E-state index in [1.807, 2.05) is 6.92 Å². The summed E-state index contributed by atoms with van der Waals surface area (Å²) in [5.74, 6) is 1.15. The average Bonchev–Trinajstić information content (AvgIpc) is 2.27. The van der Waals surface area contributed by atoms with E-state index in [9.17, 15) is 8.42 Å². The zero-order chi connectivity index (χ0) is 13.2. The van der Waals surface area contributed by atoms with Gasteiger partial charge in [-0.25, -0.2) is 18.4 Å². The van der Waals surface area contributed by atoms with Crippen molar-refractivity contribution in [1.29, 1.82) is 0 Å². The zero-order valence-electron chi connectivity index (χ0n) is 10.9. The van der Waals surface area contributed by atoms with Crippen molar-refractivity contribution < 1.29 is 8.42 Å². The fourth-order valence-corrected chi connectivity index (χ4v) is 2.86. The second-order valence-corrected chi connectivity index (χ2v) is 6.86. The van der Waals surface area contributed by atoms with Gasteiger partial charge in [-0.15, -0.1) is 0 Å². The van der Waals surface area contributed by atoms with Crippen LogP contribution in [-0.4, -0.2) is 31.2 Å². The predicted octanol–water partition coefficient (Wildman–Crippen LogP) is 1.33. The fourth-order valence-electron chi connectivity index (χ4n) is 2.26. The summed E-state index contributed by atoms with van der Waals surface area (Å²) in [6.07, 6.45) is 5.39. The lowest BCUT2D eigenvalue weighted by atomic mass is 9.96. The lowest BCUT2D eigenvalue weighted by molar-refractivity contribution is 0.598. The van der Waals surface area contributed by atoms with Gasteiger partial charge in [-0.1, -0.05) is 0 Å². The van der Waals surface area contributed by atoms with Gasteiger partial charge in [0.1, 0.15) is 17.4 Å². The number of rotatable bonds is 4. The van der Waals surface area contributed by atoms with Crippen LogP contribution in [0.5, 0.6) is 0 Å². The zero-order valence-corrected chi connectivity index (χ0v) is 11.7. The molecule has 2 rings (SSSR count). The molecule has 0 unspecified atom stereocenters. The molecule has 0 aliphatic heterocycles. The molecule has 0 bridgehead atoms. The molecule has 1 N–H and O–H groups in total. The molecule has 0 atom stereocenters. The molecule has 18 heavy (non-hydrogen) atoms. The van der Waals surface area contributed by atoms with Gasteiger partial charge >= 0.3 is 0 Å². The van der Waals surface area contributed by atoms with Crippen molar-refractivity contribution in [3.8, 4) is 0 Å². The minimum absolute atomic E-state index is 0.0846. The fraction of sp³-hybridized carbons (Fsp3) is 0.667. The van der Waals surface area contributed by atoms with E-state index < -0.39 is 9.84 Å². The second kappa shape index (κ2) is 5.22. The van der Waals surface area contributed by atoms with Crippen molar-refractivity contribution in [3.63, 3.8) is 0 Å². The first-order valence-corrected chi connectivity index (χ1v) is 8.36. The minimum Gasteiger partial charge on any atom is -0.370 e. The van der Waals surface area contributed by atoms with Crippen LogP contribution in [0.15, 0.2) is 0 Å². The first-order valence-electron chi connectivity index (χ1n) is 6.30. The Bertz CT molecular complexity index is 540. The monoisotopic (exact) mass is 269 g/mol. The van der Waals surface area contributed by atoms with Gasteiger partial charge in [0.2, 0.25) is 0 Å². The maximum absolute atomic E-state index is 11.3. The van der Waals surface area contributed by atoms with Crippen LogP contribution in [0.4, 0.5) is 5.82 Å². The van der Waals surface area contributed by atoms with E-state index in [-0.39, 0.29) is 5.75 Å². The van der Waals surface area contributed by atoms with Crippen molar-refractivity contribution in [2.75, 3.05) is 18.1 Å². The van der Waals surface area contributed by atoms with Crippen molar-refractivity contribution in [3.05, 3.63) is 17.1 Å². The molecule has 0 amide bonds. The molecule has 1 aliphatic carbocycles. The Morgan fingerprint density at radius 2 is 1.94 bits per heavy atom. The number of hydrogen-bond acceptors (Lipinski definition) is 5. The summed E-state index contributed by atoms with van der Waals surface area (Å²) in [4.78, 5) is 8.77. The van der Waals surface area contributed by atoms with Crippen molar-refractivity contribution in [2.45, 2.75) is 38.4 Å². The molecule has 0 saturated heterocycles. The topological polar surface area (TPSA) is 72.0 Å². The van der Waals surface area contributed by atoms with E-state index in [4.69, 9.17) is 0 Å². The van der Waals surface area contributed by atoms with Crippen molar-refractivity contribution in [1.82, 2.24) is 9.97 Å². The van der Waals surface area contributed by atoms with E-state index in [0.29, 0.717) is 5.82 Å². The average molecular weight is 269 g/mol. The molecule has 1 heterocycles. The summed E-state index contributed by atoms with van der Waals surface area (Å²) in [5.41, 5.74) is 2.19. The lowest BCUT2D eigenvalue weighted by Crippen LogP contribution is -2.16. The molecule has 5 nitrogen and oxygen atoms in total. The third kappa shape index (κ3) is 3.19. The van der Waals surface area contributed by atoms with Crippen LogP contribution in [0.25, 0.3) is 0 Å². The van der Waals surface area contributed by atoms with Gasteiger partial charge in [0.25, 0.3) is 0 Å². The highest BCUT2D eigenvalue weighted by Crippen LogP contribution is 2.25. The van der Waals surface area contributed by atoms with Crippen molar-refractivity contribution in [2.24, 2.45) is 0 Å². The predicted molar refractivity (Wildman–Crippen MR) is 71.4 cm³/mol. The highest BCUT2D eigenvalue weighted by molar-refractivity contribution is 7.89. The Kier molecular flexibility index (Phi) is 3.85. The Hall–Kier alpha value is -1.17. The molecule has 0 saturated carbocycles. The molecular weight excluding hydrogens is 250 g/mol. The molecule has 0 aromatic carbocycles. The SMILES string of the molecule is CCNc1nc(CS(C)(=O)=O)nc2c1CCCC2. The summed E-state index contributed by atoms with van der Waals surface area (Å²) in [6.45, 7) is 2.79. The first-order chi connectivity index (χ1) is 8.49. The van der Waals surface area contributed by atoms with E-state index in [1.54, 1.807) is 0 Å². The van der Waals surface area contributed by atoms with Crippen LogP contribution < -0.4 is 5.32 Å². The summed E-state index contributed by atoms with van der Waals surface area (Å²) in [6, 6.07) is 0. The second-order valence-electron chi connectivity index (χ2n) is 4.72. The Morgan fingerprint density at radius 1 is 1.22 bits per heavy atom. The molecule has 100 valence electrons. The van der Waals surface area contributed by atoms with Gasteiger partial charge in [0.15, 0.2) is 9.84 Å². The Balaban J connectivity index is 2.41. The molecule has 1 aliphatic rings. The van der Waals surface area contributed by atoms with Gasteiger partial charge in [-0.05, 0) is 32.6 Å². The summed E-state index contributed by atoms with van der Waals surface area (Å²) < 4.78 is 22.7. The largest absolute Gasteiger partial charge is 0.370 e. The molecule has 1 aromatic rings. The standard InChI is InChI=1S/C12H19N3O2S/c1-3-13-12-9-6-4-5-7-10(9)14-11(15-12)8-18(2,16)17/h3-8H2,1-2H3,(H,13,14,15). The molecule has 6 heteroatoms. The Morgan fingerprint density at radius 3 is 2.61 bits per heavy atom. The quantitative estimate of drug-likeness (QED) is 0.893. The molecule has 0 fully saturated rings. The minimum atomic E-state index is -3.09. The van der Waals surface area contributed by atoms with E-state index in [2.05, 4.69) is 15.3 Å². The number of anilines is 1. The van der Waals surface area contributed by atoms with Gasteiger partial charge in [0, 0.05) is 24.1 Å². The van der Waals surface area contributed by atoms with E-state index >= 15 is 0 Å². The highest BCUT2D eigenvalue weighted by atomic mass is 32.2. The summed E-state index contributed by atoms with van der Waals surface area (Å²) in [5, 5.41) is 3.22. The van der Waals surface area contributed by atoms with Crippen LogP contribution in [0.2, 0.25) is 0 Å². The Labute approximate surface area is 108 Å². The van der Waals surface area contributed by atoms with Gasteiger partial charge in [0.05, 0.1) is 0 Å². The maximum atomic E-state index is 11.3. The lowest BCUT2D eigenvalue weighted by Gasteiger charge is -2.19. The van der Waals surface area contributed by atoms with Crippen molar-refractivity contribution >= 4 is 15.7 Å². The molecular formula is C12H19N3O2S. The van der Waals surface area contributed by atoms with Crippen LogP contribution >= 0.6 is 0 Å². The van der Waals surface area contributed by atoms with Crippen LogP contribution in [-0.2, 0) is 28.4 Å². The highest BCUT2D eigenvalue weighted by Gasteiger charge is 2.18. The van der Waals surface area contributed by atoms with E-state index in [1.165, 1.54) is 11.8 Å². The van der Waals surface area contributed by atoms with Gasteiger partial charge in [-0.2, -0.15) is 0 Å². The van der Waals surface area contributed by atoms with Gasteiger partial charge in [-0.3, -0.25) is 0 Å². The van der Waals surface area contributed by atoms with Crippen LogP contribution in [0.3, 0.4) is 0 Å². The van der Waals surface area contributed by atoms with Crippen LogP contribution in [0, 0.1) is 0 Å². The van der Waals surface area contributed by atoms with E-state index in [0.717, 1.165) is 43.7 Å². The van der Waals surface area contributed by atoms with Crippen LogP contribution in [0.1, 0.15) is 36.8 Å². The number of aromatic nitrogens is 2. The third-order valence-corrected chi connectivity index (χ3v) is 3.75. The normalized spacial score (nSPS) is 15.2. The number of nitrogens with one attached hydrogen (secondary N) is 1. The molecule has 0 radical (unpaired) electrons. The number of sulfone groups is 1. The number of aryl methyl sites for hydroxylation is 1. The summed E-state index contributed by atoms with van der Waals surface area (Å²) in [7, 11) is -3.09.